The molecule has 0 saturated carbocycles. The molecular weight excluding hydrogens is 200 g/mol. The van der Waals surface area contributed by atoms with E-state index in [0.717, 1.165) is 11.3 Å². The molecule has 0 atom stereocenters. The van der Waals surface area contributed by atoms with Gasteiger partial charge < -0.3 is 5.11 Å². The molecule has 3 nitrogen and oxygen atoms in total. The number of phenols is 1. The van der Waals surface area contributed by atoms with Gasteiger partial charge in [-0.3, -0.25) is 4.68 Å². The maximum atomic E-state index is 9.40. The van der Waals surface area contributed by atoms with Gasteiger partial charge in [-0.2, -0.15) is 5.10 Å². The first-order chi connectivity index (χ1) is 6.66. The largest absolute Gasteiger partial charge is 0.506 e. The van der Waals surface area contributed by atoms with Crippen LogP contribution in [0.5, 0.6) is 5.75 Å². The molecule has 0 aliphatic carbocycles. The lowest BCUT2D eigenvalue weighted by molar-refractivity contribution is 0.476. The van der Waals surface area contributed by atoms with Crippen LogP contribution in [0.2, 0.25) is 5.02 Å². The molecule has 0 aliphatic heterocycles. The van der Waals surface area contributed by atoms with Gasteiger partial charge in [0.1, 0.15) is 5.75 Å². The van der Waals surface area contributed by atoms with Crippen molar-refractivity contribution in [3.05, 3.63) is 35.5 Å². The van der Waals surface area contributed by atoms with Crippen molar-refractivity contribution in [3.63, 3.8) is 0 Å². The van der Waals surface area contributed by atoms with Crippen LogP contribution < -0.4 is 0 Å². The minimum atomic E-state index is 0.0785. The third-order valence-corrected chi connectivity index (χ3v) is 2.28. The zero-order valence-electron chi connectivity index (χ0n) is 7.61. The minimum Gasteiger partial charge on any atom is -0.506 e. The number of phenolic OH excluding ortho intramolecular Hbond substituents is 1. The van der Waals surface area contributed by atoms with Crippen LogP contribution in [0.3, 0.4) is 0 Å². The van der Waals surface area contributed by atoms with Gasteiger partial charge in [0, 0.05) is 18.8 Å². The van der Waals surface area contributed by atoms with E-state index < -0.39 is 0 Å². The molecule has 14 heavy (non-hydrogen) atoms. The standard InChI is InChI=1S/C10H9ClN2O/c1-13-5-4-9(12-13)7-2-3-8(11)10(14)6-7/h2-6,14H,1H3. The van der Waals surface area contributed by atoms with E-state index in [1.54, 1.807) is 16.8 Å². The molecule has 72 valence electrons. The van der Waals surface area contributed by atoms with Gasteiger partial charge in [-0.1, -0.05) is 17.7 Å². The Morgan fingerprint density at radius 2 is 2.14 bits per heavy atom. The highest BCUT2D eigenvalue weighted by molar-refractivity contribution is 6.32. The first kappa shape index (κ1) is 9.09. The lowest BCUT2D eigenvalue weighted by Gasteiger charge is -1.99. The highest BCUT2D eigenvalue weighted by Crippen LogP contribution is 2.28. The van der Waals surface area contributed by atoms with Crippen molar-refractivity contribution in [2.45, 2.75) is 0 Å². The number of nitrogens with zero attached hydrogens (tertiary/aromatic N) is 2. The van der Waals surface area contributed by atoms with E-state index in [1.165, 1.54) is 0 Å². The normalized spacial score (nSPS) is 10.4. The summed E-state index contributed by atoms with van der Waals surface area (Å²) >= 11 is 5.70. The second-order valence-electron chi connectivity index (χ2n) is 3.04. The van der Waals surface area contributed by atoms with Gasteiger partial charge in [0.25, 0.3) is 0 Å². The number of halogens is 1. The first-order valence-electron chi connectivity index (χ1n) is 4.15. The molecule has 0 bridgehead atoms. The first-order valence-corrected chi connectivity index (χ1v) is 4.53. The van der Waals surface area contributed by atoms with Crippen LogP contribution in [-0.4, -0.2) is 14.9 Å². The molecule has 0 radical (unpaired) electrons. The summed E-state index contributed by atoms with van der Waals surface area (Å²) in [4.78, 5) is 0. The molecule has 1 N–H and O–H groups in total. The number of hydrogen-bond donors (Lipinski definition) is 1. The fourth-order valence-electron chi connectivity index (χ4n) is 1.24. The Morgan fingerprint density at radius 3 is 2.71 bits per heavy atom. The molecular formula is C10H9ClN2O. The van der Waals surface area contributed by atoms with Crippen molar-refractivity contribution in [1.82, 2.24) is 9.78 Å². The fourth-order valence-corrected chi connectivity index (χ4v) is 1.36. The zero-order chi connectivity index (χ0) is 10.1. The van der Waals surface area contributed by atoms with E-state index >= 15 is 0 Å². The van der Waals surface area contributed by atoms with Crippen molar-refractivity contribution < 1.29 is 5.11 Å². The molecule has 0 unspecified atom stereocenters. The molecule has 0 fully saturated rings. The summed E-state index contributed by atoms with van der Waals surface area (Å²) in [6.07, 6.45) is 1.85. The second-order valence-corrected chi connectivity index (χ2v) is 3.45. The van der Waals surface area contributed by atoms with E-state index in [4.69, 9.17) is 11.6 Å². The van der Waals surface area contributed by atoms with Crippen LogP contribution in [0.15, 0.2) is 30.5 Å². The maximum Gasteiger partial charge on any atom is 0.134 e. The van der Waals surface area contributed by atoms with Gasteiger partial charge >= 0.3 is 0 Å². The molecule has 2 aromatic rings. The molecule has 0 saturated heterocycles. The number of aromatic nitrogens is 2. The van der Waals surface area contributed by atoms with E-state index in [9.17, 15) is 5.11 Å². The Bertz CT molecular complexity index is 465. The van der Waals surface area contributed by atoms with Crippen molar-refractivity contribution in [1.29, 1.82) is 0 Å². The van der Waals surface area contributed by atoms with Gasteiger partial charge in [0.2, 0.25) is 0 Å². The van der Waals surface area contributed by atoms with Crippen molar-refractivity contribution in [2.75, 3.05) is 0 Å². The number of hydrogen-bond acceptors (Lipinski definition) is 2. The third kappa shape index (κ3) is 1.59. The Morgan fingerprint density at radius 1 is 1.36 bits per heavy atom. The summed E-state index contributed by atoms with van der Waals surface area (Å²) < 4.78 is 1.71. The smallest absolute Gasteiger partial charge is 0.134 e. The van der Waals surface area contributed by atoms with E-state index in [2.05, 4.69) is 5.10 Å². The Kier molecular flexibility index (Phi) is 2.17. The lowest BCUT2D eigenvalue weighted by Crippen LogP contribution is -1.87. The molecule has 1 heterocycles. The van der Waals surface area contributed by atoms with Crippen LogP contribution in [0.1, 0.15) is 0 Å². The van der Waals surface area contributed by atoms with E-state index in [0.29, 0.717) is 5.02 Å². The predicted octanol–water partition coefficient (Wildman–Crippen LogP) is 2.45. The van der Waals surface area contributed by atoms with Crippen molar-refractivity contribution in [3.8, 4) is 17.0 Å². The summed E-state index contributed by atoms with van der Waals surface area (Å²) in [5.41, 5.74) is 1.67. The minimum absolute atomic E-state index is 0.0785. The average molecular weight is 209 g/mol. The van der Waals surface area contributed by atoms with Crippen molar-refractivity contribution in [2.24, 2.45) is 7.05 Å². The maximum absolute atomic E-state index is 9.40. The number of benzene rings is 1. The molecule has 0 aliphatic rings. The van der Waals surface area contributed by atoms with Gasteiger partial charge in [0.15, 0.2) is 0 Å². The van der Waals surface area contributed by atoms with Crippen molar-refractivity contribution >= 4 is 11.6 Å². The average Bonchev–Trinajstić information content (AvgIpc) is 2.57. The Hall–Kier alpha value is -1.48. The van der Waals surface area contributed by atoms with Gasteiger partial charge in [-0.05, 0) is 18.2 Å². The summed E-state index contributed by atoms with van der Waals surface area (Å²) in [6, 6.07) is 6.96. The summed E-state index contributed by atoms with van der Waals surface area (Å²) in [5.74, 6) is 0.0785. The monoisotopic (exact) mass is 208 g/mol. The van der Waals surface area contributed by atoms with Crippen LogP contribution in [0.4, 0.5) is 0 Å². The topological polar surface area (TPSA) is 38.0 Å². The highest BCUT2D eigenvalue weighted by Gasteiger charge is 2.04. The summed E-state index contributed by atoms with van der Waals surface area (Å²) in [6.45, 7) is 0. The van der Waals surface area contributed by atoms with Gasteiger partial charge in [0.05, 0.1) is 10.7 Å². The lowest BCUT2D eigenvalue weighted by atomic mass is 10.1. The number of aromatic hydroxyl groups is 1. The molecule has 1 aromatic heterocycles. The zero-order valence-corrected chi connectivity index (χ0v) is 8.36. The number of aryl methyl sites for hydroxylation is 1. The molecule has 0 amide bonds. The SMILES string of the molecule is Cn1ccc(-c2ccc(Cl)c(O)c2)n1. The molecule has 2 rings (SSSR count). The fraction of sp³-hybridized carbons (Fsp3) is 0.100. The molecule has 1 aromatic carbocycles. The van der Waals surface area contributed by atoms with E-state index in [1.807, 2.05) is 25.4 Å². The van der Waals surface area contributed by atoms with E-state index in [-0.39, 0.29) is 5.75 Å². The Labute approximate surface area is 86.6 Å². The predicted molar refractivity (Wildman–Crippen MR) is 55.3 cm³/mol. The number of rotatable bonds is 1. The quantitative estimate of drug-likeness (QED) is 0.782. The summed E-state index contributed by atoms with van der Waals surface area (Å²) in [5, 5.41) is 14.0. The molecule has 0 spiro atoms. The third-order valence-electron chi connectivity index (χ3n) is 1.96. The molecule has 4 heteroatoms. The highest BCUT2D eigenvalue weighted by atomic mass is 35.5. The van der Waals surface area contributed by atoms with Gasteiger partial charge in [-0.25, -0.2) is 0 Å². The van der Waals surface area contributed by atoms with Gasteiger partial charge in [-0.15, -0.1) is 0 Å². The Balaban J connectivity index is 2.47. The van der Waals surface area contributed by atoms with Crippen LogP contribution in [0.25, 0.3) is 11.3 Å². The van der Waals surface area contributed by atoms with Crippen LogP contribution in [-0.2, 0) is 7.05 Å². The van der Waals surface area contributed by atoms with Crippen LogP contribution in [0, 0.1) is 0 Å². The summed E-state index contributed by atoms with van der Waals surface area (Å²) in [7, 11) is 1.85. The second kappa shape index (κ2) is 3.35. The van der Waals surface area contributed by atoms with Crippen LogP contribution >= 0.6 is 11.6 Å².